The number of rotatable bonds is 4. The van der Waals surface area contributed by atoms with Gasteiger partial charge in [0.15, 0.2) is 0 Å². The molecule has 0 aliphatic carbocycles. The van der Waals surface area contributed by atoms with Gasteiger partial charge in [0.2, 0.25) is 0 Å². The fraction of sp³-hybridized carbons (Fsp3) is 0.444. The average molecular weight is 166 g/mol. The van der Waals surface area contributed by atoms with E-state index in [-0.39, 0.29) is 0 Å². The Labute approximate surface area is 72.8 Å². The first-order valence-corrected chi connectivity index (χ1v) is 3.94. The molecule has 0 saturated heterocycles. The van der Waals surface area contributed by atoms with Crippen molar-refractivity contribution >= 4 is 0 Å². The second-order valence-electron chi connectivity index (χ2n) is 2.62. The Morgan fingerprint density at radius 2 is 2.42 bits per heavy atom. The van der Waals surface area contributed by atoms with Crippen molar-refractivity contribution in [3.8, 4) is 0 Å². The van der Waals surface area contributed by atoms with Crippen molar-refractivity contribution in [2.24, 2.45) is 0 Å². The predicted molar refractivity (Wildman–Crippen MR) is 47.7 cm³/mol. The van der Waals surface area contributed by atoms with Crippen molar-refractivity contribution in [3.05, 3.63) is 29.6 Å². The van der Waals surface area contributed by atoms with E-state index in [1.54, 1.807) is 13.3 Å². The SMILES string of the molecule is CNCc1cc(COC)ccn1. The third-order valence-corrected chi connectivity index (χ3v) is 1.55. The van der Waals surface area contributed by atoms with Gasteiger partial charge >= 0.3 is 0 Å². The van der Waals surface area contributed by atoms with Crippen molar-refractivity contribution in [1.29, 1.82) is 0 Å². The zero-order valence-corrected chi connectivity index (χ0v) is 7.50. The zero-order chi connectivity index (χ0) is 8.81. The second-order valence-corrected chi connectivity index (χ2v) is 2.62. The fourth-order valence-corrected chi connectivity index (χ4v) is 1.06. The molecule has 0 radical (unpaired) electrons. The maximum atomic E-state index is 5.01. The molecule has 1 heterocycles. The lowest BCUT2D eigenvalue weighted by molar-refractivity contribution is 0.184. The van der Waals surface area contributed by atoms with Gasteiger partial charge in [-0.1, -0.05) is 0 Å². The van der Waals surface area contributed by atoms with Gasteiger partial charge in [0, 0.05) is 19.9 Å². The molecule has 66 valence electrons. The van der Waals surface area contributed by atoms with Crippen LogP contribution in [0.3, 0.4) is 0 Å². The van der Waals surface area contributed by atoms with Crippen molar-refractivity contribution in [2.45, 2.75) is 13.2 Å². The van der Waals surface area contributed by atoms with Gasteiger partial charge in [-0.2, -0.15) is 0 Å². The van der Waals surface area contributed by atoms with Gasteiger partial charge in [0.05, 0.1) is 12.3 Å². The highest BCUT2D eigenvalue weighted by Crippen LogP contribution is 2.02. The number of aromatic nitrogens is 1. The monoisotopic (exact) mass is 166 g/mol. The van der Waals surface area contributed by atoms with E-state index in [9.17, 15) is 0 Å². The summed E-state index contributed by atoms with van der Waals surface area (Å²) in [5.41, 5.74) is 2.21. The molecule has 0 amide bonds. The summed E-state index contributed by atoms with van der Waals surface area (Å²) in [6.07, 6.45) is 1.81. The molecule has 0 aliphatic heterocycles. The van der Waals surface area contributed by atoms with Crippen LogP contribution >= 0.6 is 0 Å². The Hall–Kier alpha value is -0.930. The normalized spacial score (nSPS) is 10.2. The van der Waals surface area contributed by atoms with Crippen molar-refractivity contribution in [1.82, 2.24) is 10.3 Å². The Morgan fingerprint density at radius 3 is 3.08 bits per heavy atom. The smallest absolute Gasteiger partial charge is 0.0714 e. The molecule has 1 N–H and O–H groups in total. The van der Waals surface area contributed by atoms with E-state index in [4.69, 9.17) is 4.74 Å². The maximum absolute atomic E-state index is 5.01. The lowest BCUT2D eigenvalue weighted by Crippen LogP contribution is -2.07. The van der Waals surface area contributed by atoms with Crippen LogP contribution in [0.4, 0.5) is 0 Å². The number of nitrogens with zero attached hydrogens (tertiary/aromatic N) is 1. The molecule has 0 aliphatic rings. The summed E-state index contributed by atoms with van der Waals surface area (Å²) in [5.74, 6) is 0. The standard InChI is InChI=1S/C9H14N2O/c1-10-6-9-5-8(7-12-2)3-4-11-9/h3-5,10H,6-7H2,1-2H3. The third kappa shape index (κ3) is 2.60. The number of hydrogen-bond donors (Lipinski definition) is 1. The quantitative estimate of drug-likeness (QED) is 0.723. The maximum Gasteiger partial charge on any atom is 0.0714 e. The van der Waals surface area contributed by atoms with E-state index in [1.165, 1.54) is 0 Å². The van der Waals surface area contributed by atoms with Gasteiger partial charge in [0.25, 0.3) is 0 Å². The molecule has 1 rings (SSSR count). The molecule has 12 heavy (non-hydrogen) atoms. The number of methoxy groups -OCH3 is 1. The summed E-state index contributed by atoms with van der Waals surface area (Å²) < 4.78 is 5.01. The van der Waals surface area contributed by atoms with Gasteiger partial charge in [0.1, 0.15) is 0 Å². The van der Waals surface area contributed by atoms with Crippen molar-refractivity contribution in [3.63, 3.8) is 0 Å². The summed E-state index contributed by atoms with van der Waals surface area (Å²) in [7, 11) is 3.60. The number of hydrogen-bond acceptors (Lipinski definition) is 3. The van der Waals surface area contributed by atoms with Crippen LogP contribution in [0.5, 0.6) is 0 Å². The van der Waals surface area contributed by atoms with Crippen LogP contribution in [-0.4, -0.2) is 19.1 Å². The first-order chi connectivity index (χ1) is 5.86. The molecule has 3 nitrogen and oxygen atoms in total. The van der Waals surface area contributed by atoms with E-state index in [2.05, 4.69) is 10.3 Å². The van der Waals surface area contributed by atoms with Crippen LogP contribution < -0.4 is 5.32 Å². The highest BCUT2D eigenvalue weighted by atomic mass is 16.5. The highest BCUT2D eigenvalue weighted by molar-refractivity contribution is 5.15. The summed E-state index contributed by atoms with van der Waals surface area (Å²) >= 11 is 0. The summed E-state index contributed by atoms with van der Waals surface area (Å²) in [4.78, 5) is 4.19. The minimum atomic E-state index is 0.652. The average Bonchev–Trinajstić information content (AvgIpc) is 2.06. The molecule has 3 heteroatoms. The number of nitrogens with one attached hydrogen (secondary N) is 1. The largest absolute Gasteiger partial charge is 0.380 e. The lowest BCUT2D eigenvalue weighted by atomic mass is 10.2. The van der Waals surface area contributed by atoms with Gasteiger partial charge in [-0.3, -0.25) is 4.98 Å². The van der Waals surface area contributed by atoms with Crippen LogP contribution in [0.1, 0.15) is 11.3 Å². The Morgan fingerprint density at radius 1 is 1.58 bits per heavy atom. The van der Waals surface area contributed by atoms with Crippen LogP contribution in [0, 0.1) is 0 Å². The van der Waals surface area contributed by atoms with Crippen molar-refractivity contribution in [2.75, 3.05) is 14.2 Å². The van der Waals surface area contributed by atoms with E-state index in [0.717, 1.165) is 17.8 Å². The van der Waals surface area contributed by atoms with Crippen LogP contribution in [-0.2, 0) is 17.9 Å². The molecular weight excluding hydrogens is 152 g/mol. The molecule has 0 saturated carbocycles. The van der Waals surface area contributed by atoms with Gasteiger partial charge < -0.3 is 10.1 Å². The van der Waals surface area contributed by atoms with Gasteiger partial charge in [-0.15, -0.1) is 0 Å². The lowest BCUT2D eigenvalue weighted by Gasteiger charge is -2.02. The fourth-order valence-electron chi connectivity index (χ4n) is 1.06. The highest BCUT2D eigenvalue weighted by Gasteiger charge is 1.94. The summed E-state index contributed by atoms with van der Waals surface area (Å²) in [6, 6.07) is 4.00. The van der Waals surface area contributed by atoms with E-state index >= 15 is 0 Å². The predicted octanol–water partition coefficient (Wildman–Crippen LogP) is 0.947. The first-order valence-electron chi connectivity index (χ1n) is 3.94. The molecule has 1 aromatic rings. The van der Waals surface area contributed by atoms with Gasteiger partial charge in [-0.05, 0) is 24.7 Å². The van der Waals surface area contributed by atoms with E-state index < -0.39 is 0 Å². The summed E-state index contributed by atoms with van der Waals surface area (Å²) in [5, 5.41) is 3.05. The topological polar surface area (TPSA) is 34.1 Å². The molecule has 0 spiro atoms. The first kappa shape index (κ1) is 9.16. The molecular formula is C9H14N2O. The molecule has 0 fully saturated rings. The molecule has 0 unspecified atom stereocenters. The second kappa shape index (κ2) is 4.85. The van der Waals surface area contributed by atoms with Gasteiger partial charge in [-0.25, -0.2) is 0 Å². The van der Waals surface area contributed by atoms with E-state index in [0.29, 0.717) is 6.61 Å². The Kier molecular flexibility index (Phi) is 3.70. The van der Waals surface area contributed by atoms with Crippen LogP contribution in [0.15, 0.2) is 18.3 Å². The van der Waals surface area contributed by atoms with Crippen molar-refractivity contribution < 1.29 is 4.74 Å². The molecule has 0 atom stereocenters. The summed E-state index contributed by atoms with van der Waals surface area (Å²) in [6.45, 7) is 1.46. The zero-order valence-electron chi connectivity index (χ0n) is 7.50. The van der Waals surface area contributed by atoms with Crippen LogP contribution in [0.2, 0.25) is 0 Å². The third-order valence-electron chi connectivity index (χ3n) is 1.55. The Balaban J connectivity index is 2.67. The molecule has 0 bridgehead atoms. The number of pyridine rings is 1. The minimum absolute atomic E-state index is 0.652. The van der Waals surface area contributed by atoms with Crippen LogP contribution in [0.25, 0.3) is 0 Å². The number of ether oxygens (including phenoxy) is 1. The Bertz CT molecular complexity index is 216. The molecule has 0 aromatic carbocycles. The minimum Gasteiger partial charge on any atom is -0.380 e. The molecule has 1 aromatic heterocycles. The van der Waals surface area contributed by atoms with E-state index in [1.807, 2.05) is 19.2 Å².